The molecule has 6 heteroatoms. The third-order valence-electron chi connectivity index (χ3n) is 7.78. The zero-order valence-corrected chi connectivity index (χ0v) is 17.6. The van der Waals surface area contributed by atoms with E-state index >= 15 is 0 Å². The average molecular weight is 404 g/mol. The molecule has 1 saturated heterocycles. The Hall–Kier alpha value is -1.79. The lowest BCUT2D eigenvalue weighted by atomic mass is 9.72. The Balaban J connectivity index is 1.55. The summed E-state index contributed by atoms with van der Waals surface area (Å²) in [6.07, 6.45) is 3.42. The van der Waals surface area contributed by atoms with Crippen molar-refractivity contribution in [2.24, 2.45) is 23.2 Å². The van der Waals surface area contributed by atoms with Gasteiger partial charge in [-0.15, -0.1) is 0 Å². The second-order valence-corrected chi connectivity index (χ2v) is 9.31. The Kier molecular flexibility index (Phi) is 5.51. The van der Waals surface area contributed by atoms with Gasteiger partial charge in [-0.1, -0.05) is 19.4 Å². The highest BCUT2D eigenvalue weighted by Gasteiger charge is 2.53. The molecule has 1 aromatic rings. The largest absolute Gasteiger partial charge is 0.493 e. The molecule has 4 unspecified atom stereocenters. The molecule has 0 aromatic heterocycles. The maximum absolute atomic E-state index is 12.1. The Morgan fingerprint density at radius 1 is 1.31 bits per heavy atom. The lowest BCUT2D eigenvalue weighted by Crippen LogP contribution is -2.38. The summed E-state index contributed by atoms with van der Waals surface area (Å²) >= 11 is 0. The van der Waals surface area contributed by atoms with Crippen LogP contribution < -0.4 is 9.47 Å². The summed E-state index contributed by atoms with van der Waals surface area (Å²) in [6, 6.07) is 5.92. The SMILES string of the molecule is COc1ccc(C2CN(C(=O)CO)CC2(C)[C@H](C)O)cc1OCC1C2CCCC21. The number of hydrogen-bond acceptors (Lipinski definition) is 5. The van der Waals surface area contributed by atoms with Gasteiger partial charge in [-0.25, -0.2) is 0 Å². The molecule has 1 aliphatic heterocycles. The minimum atomic E-state index is -0.596. The molecule has 6 nitrogen and oxygen atoms in total. The van der Waals surface area contributed by atoms with Gasteiger partial charge in [0.1, 0.15) is 6.61 Å². The van der Waals surface area contributed by atoms with Crippen molar-refractivity contribution in [3.8, 4) is 11.5 Å². The van der Waals surface area contributed by atoms with Crippen molar-refractivity contribution in [2.75, 3.05) is 33.4 Å². The molecule has 0 bridgehead atoms. The van der Waals surface area contributed by atoms with Gasteiger partial charge in [0, 0.05) is 24.4 Å². The predicted octanol–water partition coefficient (Wildman–Crippen LogP) is 2.43. The van der Waals surface area contributed by atoms with Crippen LogP contribution in [-0.4, -0.2) is 60.5 Å². The molecular formula is C23H33NO5. The van der Waals surface area contributed by atoms with Crippen molar-refractivity contribution in [3.05, 3.63) is 23.8 Å². The highest BCUT2D eigenvalue weighted by molar-refractivity contribution is 5.77. The fourth-order valence-corrected chi connectivity index (χ4v) is 5.64. The van der Waals surface area contributed by atoms with Crippen molar-refractivity contribution in [2.45, 2.75) is 45.1 Å². The van der Waals surface area contributed by atoms with Crippen LogP contribution in [0.25, 0.3) is 0 Å². The first-order chi connectivity index (χ1) is 13.9. The number of nitrogens with zero attached hydrogens (tertiary/aromatic N) is 1. The first-order valence-electron chi connectivity index (χ1n) is 10.8. The summed E-state index contributed by atoms with van der Waals surface area (Å²) in [6.45, 7) is 4.88. The molecule has 4 rings (SSSR count). The number of rotatable bonds is 7. The van der Waals surface area contributed by atoms with Crippen molar-refractivity contribution < 1.29 is 24.5 Å². The van der Waals surface area contributed by atoms with Gasteiger partial charge < -0.3 is 24.6 Å². The van der Waals surface area contributed by atoms with Gasteiger partial charge in [0.15, 0.2) is 11.5 Å². The standard InChI is InChI=1S/C23H33NO5/c1-14(26)23(2)13-24(22(27)11-25)10-19(23)15-7-8-20(28-3)21(9-15)29-12-18-16-5-4-6-17(16)18/h7-9,14,16-19,25-26H,4-6,10-13H2,1-3H3/t14-,16?,17?,18?,19?,23?/m0/s1. The zero-order valence-electron chi connectivity index (χ0n) is 17.6. The van der Waals surface area contributed by atoms with Crippen LogP contribution in [0.2, 0.25) is 0 Å². The first-order valence-corrected chi connectivity index (χ1v) is 10.8. The van der Waals surface area contributed by atoms with E-state index in [9.17, 15) is 15.0 Å². The van der Waals surface area contributed by atoms with Crippen molar-refractivity contribution in [1.82, 2.24) is 4.90 Å². The normalized spacial score (nSPS) is 34.0. The van der Waals surface area contributed by atoms with Gasteiger partial charge in [0.25, 0.3) is 0 Å². The van der Waals surface area contributed by atoms with Gasteiger partial charge in [-0.3, -0.25) is 4.79 Å². The molecule has 0 radical (unpaired) electrons. The molecule has 1 heterocycles. The molecule has 5 atom stereocenters. The van der Waals surface area contributed by atoms with E-state index in [1.165, 1.54) is 19.3 Å². The molecule has 0 spiro atoms. The van der Waals surface area contributed by atoms with Crippen LogP contribution in [0.3, 0.4) is 0 Å². The number of carbonyl (C=O) groups excluding carboxylic acids is 1. The van der Waals surface area contributed by atoms with E-state index in [0.717, 1.165) is 29.8 Å². The number of ether oxygens (including phenoxy) is 2. The summed E-state index contributed by atoms with van der Waals surface area (Å²) in [5, 5.41) is 19.8. The van der Waals surface area contributed by atoms with Crippen molar-refractivity contribution >= 4 is 5.91 Å². The Labute approximate surface area is 172 Å². The maximum atomic E-state index is 12.1. The monoisotopic (exact) mass is 403 g/mol. The zero-order chi connectivity index (χ0) is 20.8. The number of carbonyl (C=O) groups is 1. The number of aliphatic hydroxyl groups excluding tert-OH is 2. The van der Waals surface area contributed by atoms with E-state index in [-0.39, 0.29) is 11.8 Å². The number of benzene rings is 1. The Morgan fingerprint density at radius 2 is 2.03 bits per heavy atom. The van der Waals surface area contributed by atoms with Gasteiger partial charge in [0.05, 0.1) is 19.8 Å². The van der Waals surface area contributed by atoms with Gasteiger partial charge in [-0.05, 0) is 55.2 Å². The van der Waals surface area contributed by atoms with Crippen molar-refractivity contribution in [3.63, 3.8) is 0 Å². The molecule has 160 valence electrons. The number of likely N-dealkylation sites (tertiary alicyclic amines) is 1. The molecule has 29 heavy (non-hydrogen) atoms. The molecule has 2 aliphatic carbocycles. The number of hydrogen-bond donors (Lipinski definition) is 2. The van der Waals surface area contributed by atoms with Crippen LogP contribution in [-0.2, 0) is 4.79 Å². The van der Waals surface area contributed by atoms with Crippen LogP contribution in [0, 0.1) is 23.2 Å². The van der Waals surface area contributed by atoms with Gasteiger partial charge >= 0.3 is 0 Å². The predicted molar refractivity (Wildman–Crippen MR) is 109 cm³/mol. The molecule has 1 aromatic carbocycles. The minimum Gasteiger partial charge on any atom is -0.493 e. The third-order valence-corrected chi connectivity index (χ3v) is 7.78. The van der Waals surface area contributed by atoms with E-state index in [0.29, 0.717) is 24.8 Å². The van der Waals surface area contributed by atoms with Crippen LogP contribution >= 0.6 is 0 Å². The average Bonchev–Trinajstić information content (AvgIpc) is 3.05. The van der Waals surface area contributed by atoms with E-state index in [1.807, 2.05) is 25.1 Å². The summed E-state index contributed by atoms with van der Waals surface area (Å²) in [5.41, 5.74) is 0.526. The van der Waals surface area contributed by atoms with Crippen LogP contribution in [0.1, 0.15) is 44.6 Å². The maximum Gasteiger partial charge on any atom is 0.248 e. The number of methoxy groups -OCH3 is 1. The molecule has 2 N–H and O–H groups in total. The molecule has 3 aliphatic rings. The number of aliphatic hydroxyl groups is 2. The lowest BCUT2D eigenvalue weighted by molar-refractivity contribution is -0.133. The molecule has 1 amide bonds. The van der Waals surface area contributed by atoms with Crippen LogP contribution in [0.5, 0.6) is 11.5 Å². The highest BCUT2D eigenvalue weighted by Crippen LogP contribution is 2.57. The topological polar surface area (TPSA) is 79.2 Å². The summed E-state index contributed by atoms with van der Waals surface area (Å²) in [7, 11) is 1.64. The lowest BCUT2D eigenvalue weighted by Gasteiger charge is -2.33. The Bertz CT molecular complexity index is 756. The van der Waals surface area contributed by atoms with Crippen LogP contribution in [0.15, 0.2) is 18.2 Å². The van der Waals surface area contributed by atoms with E-state index in [2.05, 4.69) is 0 Å². The van der Waals surface area contributed by atoms with Gasteiger partial charge in [-0.2, -0.15) is 0 Å². The van der Waals surface area contributed by atoms with E-state index in [1.54, 1.807) is 18.9 Å². The highest BCUT2D eigenvalue weighted by atomic mass is 16.5. The third kappa shape index (κ3) is 3.61. The fraction of sp³-hybridized carbons (Fsp3) is 0.696. The van der Waals surface area contributed by atoms with E-state index < -0.39 is 18.1 Å². The second-order valence-electron chi connectivity index (χ2n) is 9.31. The molecule has 2 saturated carbocycles. The molecular weight excluding hydrogens is 370 g/mol. The quantitative estimate of drug-likeness (QED) is 0.731. The van der Waals surface area contributed by atoms with Crippen LogP contribution in [0.4, 0.5) is 0 Å². The van der Waals surface area contributed by atoms with Gasteiger partial charge in [0.2, 0.25) is 5.91 Å². The number of fused-ring (bicyclic) bond motifs is 1. The minimum absolute atomic E-state index is 0.0495. The second kappa shape index (κ2) is 7.80. The fourth-order valence-electron chi connectivity index (χ4n) is 5.64. The van der Waals surface area contributed by atoms with Crippen molar-refractivity contribution in [1.29, 1.82) is 0 Å². The van der Waals surface area contributed by atoms with E-state index in [4.69, 9.17) is 9.47 Å². The Morgan fingerprint density at radius 3 is 2.66 bits per heavy atom. The first kappa shape index (κ1) is 20.5. The summed E-state index contributed by atoms with van der Waals surface area (Å²) in [5.74, 6) is 3.45. The number of amides is 1. The molecule has 3 fully saturated rings. The summed E-state index contributed by atoms with van der Waals surface area (Å²) in [4.78, 5) is 13.7. The smallest absolute Gasteiger partial charge is 0.248 e. The summed E-state index contributed by atoms with van der Waals surface area (Å²) < 4.78 is 11.7.